The van der Waals surface area contributed by atoms with Gasteiger partial charge < -0.3 is 14.6 Å². The molecule has 1 N–H and O–H groups in total. The molecule has 2 fully saturated rings. The van der Waals surface area contributed by atoms with Gasteiger partial charge in [-0.3, -0.25) is 14.4 Å². The number of hydrogen-bond donors (Lipinski definition) is 1. The highest BCUT2D eigenvalue weighted by atomic mass is 35.5. The maximum atomic E-state index is 13.4. The van der Waals surface area contributed by atoms with Crippen molar-refractivity contribution in [2.24, 2.45) is 0 Å². The lowest BCUT2D eigenvalue weighted by atomic mass is 9.79. The monoisotopic (exact) mass is 628 g/mol. The third-order valence-electron chi connectivity index (χ3n) is 8.69. The van der Waals surface area contributed by atoms with E-state index in [1.165, 1.54) is 22.8 Å². The molecular weight excluding hydrogens is 595 g/mol. The molecule has 8 heteroatoms. The summed E-state index contributed by atoms with van der Waals surface area (Å²) in [7, 11) is 0. The molecule has 6 rings (SSSR count). The van der Waals surface area contributed by atoms with Crippen LogP contribution < -0.4 is 10.7 Å². The van der Waals surface area contributed by atoms with Crippen LogP contribution in [0.1, 0.15) is 71.7 Å². The number of carbonyl (C=O) groups is 2. The van der Waals surface area contributed by atoms with Crippen molar-refractivity contribution in [1.82, 2.24) is 10.2 Å². The third kappa shape index (κ3) is 7.09. The fourth-order valence-corrected chi connectivity index (χ4v) is 6.71. The number of nitrogens with one attached hydrogen (secondary N) is 1. The lowest BCUT2D eigenvalue weighted by molar-refractivity contribution is -0.128. The quantitative estimate of drug-likeness (QED) is 0.202. The first-order chi connectivity index (χ1) is 21.3. The van der Waals surface area contributed by atoms with E-state index in [1.54, 1.807) is 18.2 Å². The van der Waals surface area contributed by atoms with Crippen molar-refractivity contribution in [2.75, 3.05) is 6.54 Å². The number of allylic oxidation sites excluding steroid dienone is 1. The van der Waals surface area contributed by atoms with Gasteiger partial charge in [0.25, 0.3) is 5.91 Å². The maximum Gasteiger partial charge on any atom is 0.287 e. The summed E-state index contributed by atoms with van der Waals surface area (Å²) < 4.78 is 5.81. The molecule has 226 valence electrons. The summed E-state index contributed by atoms with van der Waals surface area (Å²) in [5.41, 5.74) is 4.90. The second-order valence-corrected chi connectivity index (χ2v) is 12.6. The molecular formula is C36H34Cl2N2O4. The van der Waals surface area contributed by atoms with Crippen LogP contribution in [-0.4, -0.2) is 29.3 Å². The fraction of sp³-hybridized carbons (Fsp3) is 0.306. The smallest absolute Gasteiger partial charge is 0.287 e. The number of rotatable bonds is 8. The van der Waals surface area contributed by atoms with Gasteiger partial charge in [0.1, 0.15) is 5.58 Å². The van der Waals surface area contributed by atoms with Crippen molar-refractivity contribution in [2.45, 2.75) is 63.5 Å². The van der Waals surface area contributed by atoms with Crippen LogP contribution in [0.25, 0.3) is 11.0 Å². The van der Waals surface area contributed by atoms with Gasteiger partial charge in [0.15, 0.2) is 11.2 Å². The Labute approximate surface area is 266 Å². The molecule has 3 aromatic carbocycles. The molecule has 1 aliphatic heterocycles. The number of likely N-dealkylation sites (tertiary alicyclic amines) is 1. The summed E-state index contributed by atoms with van der Waals surface area (Å²) in [4.78, 5) is 40.4. The Hall–Kier alpha value is -3.87. The topological polar surface area (TPSA) is 79.6 Å². The number of hydrogen-bond acceptors (Lipinski definition) is 4. The number of fused-ring (bicyclic) bond motifs is 1. The average molecular weight is 630 g/mol. The standard InChI is InChI=1S/C36H34Cl2N2O4/c37-27-13-9-24(10-14-27)19-29(39-36(43)34-21-32(41)31-20-28(38)15-16-33(31)44-34)18-23-7-11-25(12-8-23)30-5-2-1-4-26(30)22-40-17-3-6-35(40)42/h1-2,4-5,9-10,13-16,18,20-21,25,29H,3,6-8,11-12,17,19,22H2,(H,39,43)/t25?,29-/m1/s1. The predicted molar refractivity (Wildman–Crippen MR) is 174 cm³/mol. The summed E-state index contributed by atoms with van der Waals surface area (Å²) in [5, 5.41) is 4.51. The van der Waals surface area contributed by atoms with E-state index in [9.17, 15) is 14.4 Å². The minimum atomic E-state index is -0.450. The van der Waals surface area contributed by atoms with Gasteiger partial charge in [0, 0.05) is 35.6 Å². The van der Waals surface area contributed by atoms with Crippen molar-refractivity contribution >= 4 is 46.0 Å². The number of halogens is 2. The van der Waals surface area contributed by atoms with Gasteiger partial charge in [-0.15, -0.1) is 0 Å². The number of benzene rings is 3. The Morgan fingerprint density at radius 2 is 1.70 bits per heavy atom. The highest BCUT2D eigenvalue weighted by molar-refractivity contribution is 6.31. The molecule has 0 spiro atoms. The molecule has 1 atom stereocenters. The van der Waals surface area contributed by atoms with Gasteiger partial charge in [-0.05, 0) is 91.5 Å². The SMILES string of the molecule is O=C(N[C@H](C=C1CCC(c2ccccc2CN2CCCC2=O)CC1)Cc1ccc(Cl)cc1)c1cc(=O)c2cc(Cl)ccc2o1. The van der Waals surface area contributed by atoms with Crippen molar-refractivity contribution < 1.29 is 14.0 Å². The van der Waals surface area contributed by atoms with Crippen LogP contribution >= 0.6 is 23.2 Å². The van der Waals surface area contributed by atoms with E-state index < -0.39 is 5.91 Å². The Balaban J connectivity index is 1.19. The van der Waals surface area contributed by atoms with Crippen molar-refractivity contribution in [3.63, 3.8) is 0 Å². The summed E-state index contributed by atoms with van der Waals surface area (Å²) in [6.07, 6.45) is 8.15. The minimum Gasteiger partial charge on any atom is -0.451 e. The van der Waals surface area contributed by atoms with Gasteiger partial charge >= 0.3 is 0 Å². The van der Waals surface area contributed by atoms with E-state index in [2.05, 4.69) is 35.7 Å². The first-order valence-corrected chi connectivity index (χ1v) is 15.9. The fourth-order valence-electron chi connectivity index (χ4n) is 6.41. The van der Waals surface area contributed by atoms with Gasteiger partial charge in [-0.1, -0.05) is 71.2 Å². The third-order valence-corrected chi connectivity index (χ3v) is 9.18. The van der Waals surface area contributed by atoms with Crippen molar-refractivity contribution in [1.29, 1.82) is 0 Å². The van der Waals surface area contributed by atoms with Gasteiger partial charge in [0.2, 0.25) is 5.91 Å². The average Bonchev–Trinajstić information content (AvgIpc) is 3.43. The largest absolute Gasteiger partial charge is 0.451 e. The number of carbonyl (C=O) groups excluding carboxylic acids is 2. The highest BCUT2D eigenvalue weighted by Gasteiger charge is 2.25. The van der Waals surface area contributed by atoms with Crippen LogP contribution in [-0.2, 0) is 17.8 Å². The van der Waals surface area contributed by atoms with E-state index in [0.29, 0.717) is 46.3 Å². The van der Waals surface area contributed by atoms with E-state index in [1.807, 2.05) is 29.2 Å². The molecule has 2 heterocycles. The first kappa shape index (κ1) is 30.2. The summed E-state index contributed by atoms with van der Waals surface area (Å²) >= 11 is 12.2. The molecule has 1 aliphatic carbocycles. The Kier molecular flexibility index (Phi) is 9.20. The molecule has 6 nitrogen and oxygen atoms in total. The molecule has 1 saturated carbocycles. The summed E-state index contributed by atoms with van der Waals surface area (Å²) in [6, 6.07) is 21.8. The zero-order valence-corrected chi connectivity index (χ0v) is 25.9. The second-order valence-electron chi connectivity index (χ2n) is 11.7. The molecule has 44 heavy (non-hydrogen) atoms. The molecule has 0 radical (unpaired) electrons. The minimum absolute atomic E-state index is 0.0406. The normalized spacial score (nSPS) is 17.6. The molecule has 2 amide bonds. The van der Waals surface area contributed by atoms with Crippen molar-refractivity contribution in [3.05, 3.63) is 127 Å². The molecule has 4 aromatic rings. The van der Waals surface area contributed by atoms with Crippen LogP contribution in [0.4, 0.5) is 0 Å². The number of amides is 2. The first-order valence-electron chi connectivity index (χ1n) is 15.2. The molecule has 0 unspecified atom stereocenters. The maximum absolute atomic E-state index is 13.4. The van der Waals surface area contributed by atoms with Crippen LogP contribution in [0.3, 0.4) is 0 Å². The van der Waals surface area contributed by atoms with Gasteiger partial charge in [-0.25, -0.2) is 0 Å². The lowest BCUT2D eigenvalue weighted by Gasteiger charge is -2.28. The van der Waals surface area contributed by atoms with E-state index >= 15 is 0 Å². The van der Waals surface area contributed by atoms with Gasteiger partial charge in [-0.2, -0.15) is 0 Å². The zero-order chi connectivity index (χ0) is 30.6. The molecule has 2 aliphatic rings. The lowest BCUT2D eigenvalue weighted by Crippen LogP contribution is -2.36. The van der Waals surface area contributed by atoms with Crippen molar-refractivity contribution in [3.8, 4) is 0 Å². The Bertz CT molecular complexity index is 1770. The summed E-state index contributed by atoms with van der Waals surface area (Å²) in [5.74, 6) is 0.176. The second kappa shape index (κ2) is 13.4. The Morgan fingerprint density at radius 1 is 0.955 bits per heavy atom. The van der Waals surface area contributed by atoms with Gasteiger partial charge in [0.05, 0.1) is 11.4 Å². The zero-order valence-electron chi connectivity index (χ0n) is 24.4. The Morgan fingerprint density at radius 3 is 2.45 bits per heavy atom. The highest BCUT2D eigenvalue weighted by Crippen LogP contribution is 2.37. The molecule has 1 saturated heterocycles. The molecule has 1 aromatic heterocycles. The van der Waals surface area contributed by atoms with E-state index in [0.717, 1.165) is 44.2 Å². The van der Waals surface area contributed by atoms with Crippen LogP contribution in [0.2, 0.25) is 10.0 Å². The van der Waals surface area contributed by atoms with Crippen LogP contribution in [0, 0.1) is 0 Å². The van der Waals surface area contributed by atoms with E-state index in [4.69, 9.17) is 27.6 Å². The van der Waals surface area contributed by atoms with E-state index in [-0.39, 0.29) is 23.1 Å². The number of nitrogens with zero attached hydrogens (tertiary/aromatic N) is 1. The molecule has 0 bridgehead atoms. The van der Waals surface area contributed by atoms with Crippen LogP contribution in [0.5, 0.6) is 0 Å². The summed E-state index contributed by atoms with van der Waals surface area (Å²) in [6.45, 7) is 1.52. The van der Waals surface area contributed by atoms with Crippen LogP contribution in [0.15, 0.2) is 93.7 Å². The predicted octanol–water partition coefficient (Wildman–Crippen LogP) is 7.85.